The fraction of sp³-hybridized carbons (Fsp3) is 0.308. The molecule has 7 heteroatoms. The first-order valence-corrected chi connectivity index (χ1v) is 6.16. The number of carbonyl (C=O) groups is 1. The van der Waals surface area contributed by atoms with Gasteiger partial charge in [0, 0.05) is 6.54 Å². The lowest BCUT2D eigenvalue weighted by atomic mass is 10.1. The molecule has 7 nitrogen and oxygen atoms in total. The van der Waals surface area contributed by atoms with Gasteiger partial charge in [0.2, 0.25) is 5.69 Å². The molecule has 0 saturated heterocycles. The molecule has 1 aromatic heterocycles. The minimum absolute atomic E-state index is 0.116. The third-order valence-corrected chi connectivity index (χ3v) is 2.94. The number of hydrogen-bond acceptors (Lipinski definition) is 5. The van der Waals surface area contributed by atoms with Crippen LogP contribution in [-0.4, -0.2) is 44.3 Å². The summed E-state index contributed by atoms with van der Waals surface area (Å²) in [4.78, 5) is 12.4. The van der Waals surface area contributed by atoms with E-state index in [1.165, 1.54) is 4.80 Å². The fourth-order valence-electron chi connectivity index (χ4n) is 1.71. The highest BCUT2D eigenvalue weighted by Gasteiger charge is 2.18. The van der Waals surface area contributed by atoms with Crippen molar-refractivity contribution in [3.05, 3.63) is 35.0 Å². The lowest BCUT2D eigenvalue weighted by Gasteiger charge is -2.03. The number of nitrogens with one attached hydrogen (secondary N) is 1. The number of rotatable bonds is 5. The molecule has 0 bridgehead atoms. The van der Waals surface area contributed by atoms with Gasteiger partial charge in [0.15, 0.2) is 5.82 Å². The van der Waals surface area contributed by atoms with Crippen LogP contribution in [0.4, 0.5) is 5.82 Å². The standard InChI is InChI=1S/C13H16N4O3/c1-8-3-4-10(7-9(8)2)17-15-11(13(19)20)12(16-17)14-5-6-18/h3-4,7,18H,5-6H2,1-2H3,(H,14,16)(H,19,20). The minimum Gasteiger partial charge on any atom is -0.476 e. The number of hydrogen-bond donors (Lipinski definition) is 3. The van der Waals surface area contributed by atoms with Crippen molar-refractivity contribution >= 4 is 11.8 Å². The molecule has 0 spiro atoms. The van der Waals surface area contributed by atoms with Crippen molar-refractivity contribution in [2.45, 2.75) is 13.8 Å². The number of aliphatic hydroxyl groups excluding tert-OH is 1. The number of aliphatic hydroxyl groups is 1. The number of benzene rings is 1. The molecule has 2 aromatic rings. The molecule has 0 atom stereocenters. The van der Waals surface area contributed by atoms with Gasteiger partial charge in [-0.3, -0.25) is 0 Å². The zero-order chi connectivity index (χ0) is 14.7. The predicted molar refractivity (Wildman–Crippen MR) is 73.4 cm³/mol. The van der Waals surface area contributed by atoms with E-state index in [-0.39, 0.29) is 24.7 Å². The van der Waals surface area contributed by atoms with Crippen LogP contribution in [0.2, 0.25) is 0 Å². The lowest BCUT2D eigenvalue weighted by Crippen LogP contribution is -2.09. The maximum atomic E-state index is 11.1. The topological polar surface area (TPSA) is 100 Å². The third-order valence-electron chi connectivity index (χ3n) is 2.94. The largest absolute Gasteiger partial charge is 0.476 e. The SMILES string of the molecule is Cc1ccc(-n2nc(NCCO)c(C(=O)O)n2)cc1C. The maximum absolute atomic E-state index is 11.1. The quantitative estimate of drug-likeness (QED) is 0.753. The first-order valence-electron chi connectivity index (χ1n) is 6.16. The Balaban J connectivity index is 2.41. The molecule has 1 heterocycles. The number of aryl methyl sites for hydroxylation is 2. The molecule has 2 rings (SSSR count). The molecule has 0 aliphatic rings. The van der Waals surface area contributed by atoms with E-state index in [2.05, 4.69) is 15.5 Å². The molecule has 0 unspecified atom stereocenters. The molecule has 0 aliphatic carbocycles. The zero-order valence-corrected chi connectivity index (χ0v) is 11.3. The van der Waals surface area contributed by atoms with Gasteiger partial charge in [-0.1, -0.05) is 6.07 Å². The summed E-state index contributed by atoms with van der Waals surface area (Å²) < 4.78 is 0. The Morgan fingerprint density at radius 2 is 2.05 bits per heavy atom. The molecule has 106 valence electrons. The van der Waals surface area contributed by atoms with Crippen molar-refractivity contribution in [1.29, 1.82) is 0 Å². The van der Waals surface area contributed by atoms with Gasteiger partial charge < -0.3 is 15.5 Å². The second-order valence-electron chi connectivity index (χ2n) is 4.41. The van der Waals surface area contributed by atoms with E-state index in [4.69, 9.17) is 10.2 Å². The zero-order valence-electron chi connectivity index (χ0n) is 11.3. The molecule has 3 N–H and O–H groups in total. The van der Waals surface area contributed by atoms with Gasteiger partial charge in [-0.05, 0) is 37.1 Å². The van der Waals surface area contributed by atoms with E-state index in [9.17, 15) is 4.79 Å². The highest BCUT2D eigenvalue weighted by Crippen LogP contribution is 2.16. The van der Waals surface area contributed by atoms with Gasteiger partial charge in [-0.25, -0.2) is 4.79 Å². The normalized spacial score (nSPS) is 10.6. The smallest absolute Gasteiger partial charge is 0.360 e. The van der Waals surface area contributed by atoms with Crippen LogP contribution in [0.5, 0.6) is 0 Å². The van der Waals surface area contributed by atoms with E-state index in [0.29, 0.717) is 5.69 Å². The van der Waals surface area contributed by atoms with Gasteiger partial charge in [0.1, 0.15) is 0 Å². The summed E-state index contributed by atoms with van der Waals surface area (Å²) in [6.45, 7) is 4.05. The average Bonchev–Trinajstić information content (AvgIpc) is 2.84. The molecule has 0 aliphatic heterocycles. The second-order valence-corrected chi connectivity index (χ2v) is 4.41. The van der Waals surface area contributed by atoms with Crippen molar-refractivity contribution in [1.82, 2.24) is 15.0 Å². The molecule has 0 saturated carbocycles. The summed E-state index contributed by atoms with van der Waals surface area (Å²) in [7, 11) is 0. The van der Waals surface area contributed by atoms with E-state index in [1.807, 2.05) is 32.0 Å². The van der Waals surface area contributed by atoms with Crippen molar-refractivity contribution in [3.8, 4) is 5.69 Å². The Hall–Kier alpha value is -2.41. The second kappa shape index (κ2) is 5.70. The first kappa shape index (κ1) is 14.0. The van der Waals surface area contributed by atoms with E-state index < -0.39 is 5.97 Å². The molecule has 0 radical (unpaired) electrons. The Morgan fingerprint density at radius 3 is 2.65 bits per heavy atom. The predicted octanol–water partition coefficient (Wildman–Crippen LogP) is 0.987. The number of carboxylic acids is 1. The summed E-state index contributed by atoms with van der Waals surface area (Å²) in [5.74, 6) is -1.02. The van der Waals surface area contributed by atoms with Crippen molar-refractivity contribution < 1.29 is 15.0 Å². The number of carboxylic acid groups (broad SMARTS) is 1. The molecule has 20 heavy (non-hydrogen) atoms. The molecular weight excluding hydrogens is 260 g/mol. The average molecular weight is 276 g/mol. The minimum atomic E-state index is -1.17. The summed E-state index contributed by atoms with van der Waals surface area (Å²) in [5, 5.41) is 28.7. The van der Waals surface area contributed by atoms with Crippen LogP contribution < -0.4 is 5.32 Å². The Morgan fingerprint density at radius 1 is 1.30 bits per heavy atom. The van der Waals surface area contributed by atoms with Gasteiger partial charge >= 0.3 is 5.97 Å². The van der Waals surface area contributed by atoms with Gasteiger partial charge in [0.25, 0.3) is 0 Å². The number of nitrogens with zero attached hydrogens (tertiary/aromatic N) is 3. The number of aromatic carboxylic acids is 1. The highest BCUT2D eigenvalue weighted by atomic mass is 16.4. The molecule has 1 aromatic carbocycles. The van der Waals surface area contributed by atoms with E-state index in [0.717, 1.165) is 11.1 Å². The Kier molecular flexibility index (Phi) is 3.99. The molecule has 0 amide bonds. The van der Waals surface area contributed by atoms with Crippen molar-refractivity contribution in [3.63, 3.8) is 0 Å². The van der Waals surface area contributed by atoms with Crippen LogP contribution in [0.15, 0.2) is 18.2 Å². The van der Waals surface area contributed by atoms with Crippen molar-refractivity contribution in [2.75, 3.05) is 18.5 Å². The lowest BCUT2D eigenvalue weighted by molar-refractivity contribution is 0.0691. The summed E-state index contributed by atoms with van der Waals surface area (Å²) in [6.07, 6.45) is 0. The molecular formula is C13H16N4O3. The fourth-order valence-corrected chi connectivity index (χ4v) is 1.71. The molecule has 0 fully saturated rings. The number of aromatic nitrogens is 3. The summed E-state index contributed by atoms with van der Waals surface area (Å²) >= 11 is 0. The van der Waals surface area contributed by atoms with Crippen LogP contribution >= 0.6 is 0 Å². The Bertz CT molecular complexity index is 637. The van der Waals surface area contributed by atoms with E-state index in [1.54, 1.807) is 0 Å². The van der Waals surface area contributed by atoms with Crippen LogP contribution in [0.3, 0.4) is 0 Å². The van der Waals surface area contributed by atoms with Crippen LogP contribution in [-0.2, 0) is 0 Å². The van der Waals surface area contributed by atoms with Gasteiger partial charge in [-0.15, -0.1) is 15.0 Å². The van der Waals surface area contributed by atoms with Crippen molar-refractivity contribution in [2.24, 2.45) is 0 Å². The Labute approximate surface area is 115 Å². The third kappa shape index (κ3) is 2.77. The monoisotopic (exact) mass is 276 g/mol. The first-order chi connectivity index (χ1) is 9.52. The van der Waals surface area contributed by atoms with Gasteiger partial charge in [0.05, 0.1) is 12.3 Å². The van der Waals surface area contributed by atoms with Crippen LogP contribution in [0.25, 0.3) is 5.69 Å². The van der Waals surface area contributed by atoms with E-state index >= 15 is 0 Å². The van der Waals surface area contributed by atoms with Crippen LogP contribution in [0, 0.1) is 13.8 Å². The summed E-state index contributed by atoms with van der Waals surface area (Å²) in [5.41, 5.74) is 2.73. The number of anilines is 1. The highest BCUT2D eigenvalue weighted by molar-refractivity contribution is 5.90. The van der Waals surface area contributed by atoms with Crippen LogP contribution in [0.1, 0.15) is 21.6 Å². The van der Waals surface area contributed by atoms with Gasteiger partial charge in [-0.2, -0.15) is 0 Å². The maximum Gasteiger partial charge on any atom is 0.360 e. The summed E-state index contributed by atoms with van der Waals surface area (Å²) in [6, 6.07) is 5.63.